The summed E-state index contributed by atoms with van der Waals surface area (Å²) in [5, 5.41) is 26.2. The number of hydrogen-bond acceptors (Lipinski definition) is 14. The smallest absolute Gasteiger partial charge is 0.326 e. The molecule has 1 aliphatic rings. The quantitative estimate of drug-likeness (QED) is 0.0194. The molecule has 0 bridgehead atoms. The highest BCUT2D eigenvalue weighted by Gasteiger charge is 2.40. The van der Waals surface area contributed by atoms with Crippen molar-refractivity contribution in [2.24, 2.45) is 45.5 Å². The van der Waals surface area contributed by atoms with Gasteiger partial charge in [-0.25, -0.2) is 9.78 Å². The molecule has 0 aromatic carbocycles. The van der Waals surface area contributed by atoms with Crippen LogP contribution in [-0.4, -0.2) is 159 Å². The molecule has 400 valence electrons. The van der Waals surface area contributed by atoms with Crippen LogP contribution >= 0.6 is 11.8 Å². The molecule has 10 atom stereocenters. The first kappa shape index (κ1) is 61.1. The first-order valence-electron chi connectivity index (χ1n) is 24.3. The second-order valence-corrected chi connectivity index (χ2v) is 18.9. The van der Waals surface area contributed by atoms with Gasteiger partial charge in [0.2, 0.25) is 47.3 Å². The largest absolute Gasteiger partial charge is 0.480 e. The molecule has 26 heteroatoms. The molecule has 0 spiro atoms. The lowest BCUT2D eigenvalue weighted by molar-refractivity contribution is -0.145. The van der Waals surface area contributed by atoms with Gasteiger partial charge < -0.3 is 75.6 Å². The van der Waals surface area contributed by atoms with E-state index in [4.69, 9.17) is 28.7 Å². The Morgan fingerprint density at radius 3 is 1.92 bits per heavy atom. The molecule has 2 rings (SSSR count). The number of guanidine groups is 1. The summed E-state index contributed by atoms with van der Waals surface area (Å²) in [6.07, 6.45) is 7.35. The van der Waals surface area contributed by atoms with E-state index in [9.17, 15) is 48.3 Å². The van der Waals surface area contributed by atoms with E-state index in [0.717, 1.165) is 0 Å². The number of H-pyrrole nitrogens is 1. The summed E-state index contributed by atoms with van der Waals surface area (Å²) >= 11 is 1.41. The van der Waals surface area contributed by atoms with Crippen molar-refractivity contribution in [3.05, 3.63) is 18.2 Å². The second-order valence-electron chi connectivity index (χ2n) is 17.9. The van der Waals surface area contributed by atoms with Gasteiger partial charge in [0.15, 0.2) is 5.96 Å². The Morgan fingerprint density at radius 1 is 0.789 bits per heavy atom. The Balaban J connectivity index is 2.40. The lowest BCUT2D eigenvalue weighted by Gasteiger charge is -2.32. The number of nitrogens with two attached hydrogens (primary N) is 5. The number of aromatic nitrogens is 2. The average molecular weight is 1020 g/mol. The lowest BCUT2D eigenvalue weighted by atomic mass is 9.96. The van der Waals surface area contributed by atoms with E-state index >= 15 is 0 Å². The summed E-state index contributed by atoms with van der Waals surface area (Å²) in [5.41, 5.74) is 28.5. The van der Waals surface area contributed by atoms with Gasteiger partial charge in [0.1, 0.15) is 42.3 Å². The van der Waals surface area contributed by atoms with E-state index < -0.39 is 113 Å². The Bertz CT molecular complexity index is 1940. The van der Waals surface area contributed by atoms with Crippen LogP contribution in [0.3, 0.4) is 0 Å². The van der Waals surface area contributed by atoms with Gasteiger partial charge in [-0.2, -0.15) is 11.8 Å². The molecule has 2 heterocycles. The first-order valence-corrected chi connectivity index (χ1v) is 25.7. The van der Waals surface area contributed by atoms with Crippen molar-refractivity contribution in [2.75, 3.05) is 31.6 Å². The van der Waals surface area contributed by atoms with Crippen molar-refractivity contribution in [1.29, 1.82) is 0 Å². The maximum atomic E-state index is 14.4. The van der Waals surface area contributed by atoms with Crippen molar-refractivity contribution in [1.82, 2.24) is 46.8 Å². The number of aromatic amines is 1. The SMILES string of the molecule is CCC(C)C(NC(=O)C(N)CCC(N)=O)C(=O)NC(CCSC)C(=O)NC(CCCN=C(N)N)C(=O)NC(C(=O)NC(CCCCN)C(=O)N1CCCC1C(=O)NC(Cc1cnc[nH]1)C(=O)O)C(C)CC. The molecule has 1 aromatic rings. The fraction of sp³-hybridized carbons (Fsp3) is 0.711. The highest BCUT2D eigenvalue weighted by molar-refractivity contribution is 7.98. The van der Waals surface area contributed by atoms with Crippen molar-refractivity contribution in [3.63, 3.8) is 0 Å². The number of hydrogen-bond donors (Lipinski definition) is 13. The highest BCUT2D eigenvalue weighted by atomic mass is 32.2. The van der Waals surface area contributed by atoms with Crippen LogP contribution in [0, 0.1) is 11.8 Å². The third-order valence-corrected chi connectivity index (χ3v) is 13.1. The van der Waals surface area contributed by atoms with Gasteiger partial charge in [-0.05, 0) is 88.2 Å². The highest BCUT2D eigenvalue weighted by Crippen LogP contribution is 2.21. The molecule has 10 unspecified atom stereocenters. The van der Waals surface area contributed by atoms with Gasteiger partial charge in [0, 0.05) is 37.8 Å². The topological polar surface area (TPSA) is 420 Å². The van der Waals surface area contributed by atoms with E-state index in [1.165, 1.54) is 29.2 Å². The van der Waals surface area contributed by atoms with Crippen LogP contribution in [0.15, 0.2) is 17.5 Å². The number of carboxylic acid groups (broad SMARTS) is 1. The van der Waals surface area contributed by atoms with Gasteiger partial charge in [-0.1, -0.05) is 40.5 Å². The third-order valence-electron chi connectivity index (χ3n) is 12.4. The predicted molar refractivity (Wildman–Crippen MR) is 267 cm³/mol. The van der Waals surface area contributed by atoms with Crippen molar-refractivity contribution >= 4 is 70.9 Å². The van der Waals surface area contributed by atoms with Crippen molar-refractivity contribution in [3.8, 4) is 0 Å². The summed E-state index contributed by atoms with van der Waals surface area (Å²) in [4.78, 5) is 133. The van der Waals surface area contributed by atoms with Crippen LogP contribution in [0.25, 0.3) is 0 Å². The molecule has 1 aliphatic heterocycles. The molecule has 1 saturated heterocycles. The Labute approximate surface area is 419 Å². The molecule has 71 heavy (non-hydrogen) atoms. The molecule has 8 amide bonds. The third kappa shape index (κ3) is 21.1. The molecule has 0 aliphatic carbocycles. The van der Waals surface area contributed by atoms with E-state index in [1.807, 2.05) is 20.1 Å². The first-order chi connectivity index (χ1) is 33.7. The number of aliphatic carboxylic acids is 1. The van der Waals surface area contributed by atoms with Crippen LogP contribution in [-0.2, 0) is 49.6 Å². The summed E-state index contributed by atoms with van der Waals surface area (Å²) in [6.45, 7) is 7.66. The number of nitrogens with one attached hydrogen (secondary N) is 7. The fourth-order valence-corrected chi connectivity index (χ4v) is 8.23. The van der Waals surface area contributed by atoms with E-state index in [2.05, 4.69) is 46.9 Å². The number of rotatable bonds is 34. The maximum absolute atomic E-state index is 14.4. The van der Waals surface area contributed by atoms with Crippen LogP contribution in [0.5, 0.6) is 0 Å². The number of unbranched alkanes of at least 4 members (excludes halogenated alkanes) is 1. The lowest BCUT2D eigenvalue weighted by Crippen LogP contribution is -2.61. The Hall–Kier alpha value is -6.02. The number of likely N-dealkylation sites (tertiary alicyclic amines) is 1. The molecule has 1 fully saturated rings. The van der Waals surface area contributed by atoms with E-state index in [1.54, 1.807) is 13.8 Å². The number of carbonyl (C=O) groups is 9. The summed E-state index contributed by atoms with van der Waals surface area (Å²) in [7, 11) is 0. The maximum Gasteiger partial charge on any atom is 0.326 e. The van der Waals surface area contributed by atoms with Gasteiger partial charge in [0.05, 0.1) is 12.4 Å². The van der Waals surface area contributed by atoms with E-state index in [0.29, 0.717) is 50.1 Å². The number of carbonyl (C=O) groups excluding carboxylic acids is 8. The molecule has 0 radical (unpaired) electrons. The summed E-state index contributed by atoms with van der Waals surface area (Å²) in [6, 6.07) is -9.44. The van der Waals surface area contributed by atoms with Crippen LogP contribution in [0.2, 0.25) is 0 Å². The van der Waals surface area contributed by atoms with Crippen LogP contribution in [0.4, 0.5) is 0 Å². The number of nitrogens with zero attached hydrogens (tertiary/aromatic N) is 3. The van der Waals surface area contributed by atoms with Gasteiger partial charge >= 0.3 is 5.97 Å². The fourth-order valence-electron chi connectivity index (χ4n) is 7.76. The average Bonchev–Trinajstić information content (AvgIpc) is 4.05. The summed E-state index contributed by atoms with van der Waals surface area (Å²) < 4.78 is 0. The number of imidazole rings is 1. The van der Waals surface area contributed by atoms with Crippen LogP contribution < -0.4 is 60.6 Å². The zero-order valence-corrected chi connectivity index (χ0v) is 42.5. The molecule has 25 nitrogen and oxygen atoms in total. The zero-order valence-electron chi connectivity index (χ0n) is 41.7. The normalized spacial score (nSPS) is 17.1. The van der Waals surface area contributed by atoms with Crippen LogP contribution in [0.1, 0.15) is 110 Å². The predicted octanol–water partition coefficient (Wildman–Crippen LogP) is -2.44. The zero-order chi connectivity index (χ0) is 53.2. The van der Waals surface area contributed by atoms with E-state index in [-0.39, 0.29) is 70.4 Å². The summed E-state index contributed by atoms with van der Waals surface area (Å²) in [5.74, 6) is -7.37. The number of thioether (sulfide) groups is 1. The Kier molecular flexibility index (Phi) is 27.6. The molecule has 0 saturated carbocycles. The molecular weight excluding hydrogens is 943 g/mol. The second kappa shape index (κ2) is 32.1. The molecule has 1 aromatic heterocycles. The molecule has 18 N–H and O–H groups in total. The standard InChI is InChI=1S/C45H79N15O10S/c1-6-25(3)35(58-37(62)28(47)15-16-34(48)61)41(66)55-30(17-21-71-5)38(63)54-29(13-10-19-52-45(49)50)39(64)59-36(26(4)7-2)42(67)56-31(12-8-9-18-46)43(68)60-20-11-14-33(60)40(65)57-32(44(69)70)22-27-23-51-24-53-27/h23-26,28-33,35-36H,6-22,46-47H2,1-5H3,(H2,48,61)(H,51,53)(H,54,63)(H,55,66)(H,56,67)(H,57,65)(H,58,62)(H,59,64)(H,69,70)(H4,49,50,52). The minimum absolute atomic E-state index is 0.00955. The van der Waals surface area contributed by atoms with Crippen molar-refractivity contribution in [2.45, 2.75) is 160 Å². The number of carboxylic acids is 1. The Morgan fingerprint density at radius 2 is 1.37 bits per heavy atom. The minimum Gasteiger partial charge on any atom is -0.480 e. The number of amides is 8. The van der Waals surface area contributed by atoms with Gasteiger partial charge in [0.25, 0.3) is 0 Å². The van der Waals surface area contributed by atoms with Gasteiger partial charge in [-0.3, -0.25) is 43.3 Å². The van der Waals surface area contributed by atoms with Crippen molar-refractivity contribution < 1.29 is 48.3 Å². The minimum atomic E-state index is -1.31. The number of aliphatic imine (C=N–C) groups is 1. The van der Waals surface area contributed by atoms with Gasteiger partial charge in [-0.15, -0.1) is 0 Å². The molecular formula is C45H79N15O10S. The number of primary amides is 1. The monoisotopic (exact) mass is 1020 g/mol.